The van der Waals surface area contributed by atoms with E-state index in [0.29, 0.717) is 23.1 Å². The summed E-state index contributed by atoms with van der Waals surface area (Å²) in [6, 6.07) is 14.2. The van der Waals surface area contributed by atoms with E-state index in [2.05, 4.69) is 0 Å². The summed E-state index contributed by atoms with van der Waals surface area (Å²) in [5.74, 6) is 1.09. The summed E-state index contributed by atoms with van der Waals surface area (Å²) in [4.78, 5) is 11.4. The second kappa shape index (κ2) is 7.71. The van der Waals surface area contributed by atoms with Crippen LogP contribution >= 0.6 is 11.6 Å². The van der Waals surface area contributed by atoms with Gasteiger partial charge in [-0.1, -0.05) is 23.7 Å². The molecule has 4 nitrogen and oxygen atoms in total. The van der Waals surface area contributed by atoms with E-state index in [-0.39, 0.29) is 6.10 Å². The molecule has 0 spiro atoms. The van der Waals surface area contributed by atoms with Crippen molar-refractivity contribution in [2.75, 3.05) is 0 Å². The van der Waals surface area contributed by atoms with Gasteiger partial charge in [0.25, 0.3) is 0 Å². The zero-order chi connectivity index (χ0) is 15.9. The molecule has 2 aromatic rings. The highest BCUT2D eigenvalue weighted by Crippen LogP contribution is 2.19. The highest BCUT2D eigenvalue weighted by Gasteiger charge is 2.08. The molecule has 0 bridgehead atoms. The van der Waals surface area contributed by atoms with E-state index in [4.69, 9.17) is 25.8 Å². The van der Waals surface area contributed by atoms with Crippen molar-refractivity contribution in [3.05, 3.63) is 59.1 Å². The molecule has 0 unspecified atom stereocenters. The largest absolute Gasteiger partial charge is 0.514 e. The van der Waals surface area contributed by atoms with Crippen LogP contribution in [0.1, 0.15) is 19.4 Å². The van der Waals surface area contributed by atoms with Crippen LogP contribution in [-0.2, 0) is 11.3 Å². The number of hydrogen-bond donors (Lipinski definition) is 0. The molecule has 0 N–H and O–H groups in total. The van der Waals surface area contributed by atoms with Crippen LogP contribution in [0.2, 0.25) is 5.02 Å². The number of ether oxygens (including phenoxy) is 3. The summed E-state index contributed by atoms with van der Waals surface area (Å²) in [5, 5.41) is 0.693. The van der Waals surface area contributed by atoms with E-state index < -0.39 is 6.16 Å². The van der Waals surface area contributed by atoms with Crippen molar-refractivity contribution in [2.24, 2.45) is 0 Å². The topological polar surface area (TPSA) is 44.8 Å². The van der Waals surface area contributed by atoms with Gasteiger partial charge in [0.15, 0.2) is 0 Å². The van der Waals surface area contributed by atoms with Gasteiger partial charge in [0.1, 0.15) is 18.1 Å². The summed E-state index contributed by atoms with van der Waals surface area (Å²) in [5.41, 5.74) is 1.02. The number of rotatable bonds is 5. The molecular weight excluding hydrogens is 304 g/mol. The predicted octanol–water partition coefficient (Wildman–Crippen LogP) is 4.84. The fourth-order valence-corrected chi connectivity index (χ4v) is 1.79. The first kappa shape index (κ1) is 16.2. The SMILES string of the molecule is CC(C)OC(=O)Oc1ccc(OCc2ccc(Cl)cc2)cc1. The molecule has 0 fully saturated rings. The summed E-state index contributed by atoms with van der Waals surface area (Å²) in [6.45, 7) is 3.96. The van der Waals surface area contributed by atoms with E-state index in [9.17, 15) is 4.79 Å². The fraction of sp³-hybridized carbons (Fsp3) is 0.235. The van der Waals surface area contributed by atoms with Crippen molar-refractivity contribution in [2.45, 2.75) is 26.6 Å². The van der Waals surface area contributed by atoms with Gasteiger partial charge in [-0.15, -0.1) is 0 Å². The third-order valence-corrected chi connectivity index (χ3v) is 2.93. The zero-order valence-corrected chi connectivity index (χ0v) is 13.2. The predicted molar refractivity (Wildman–Crippen MR) is 84.5 cm³/mol. The van der Waals surface area contributed by atoms with E-state index in [0.717, 1.165) is 5.56 Å². The first-order chi connectivity index (χ1) is 10.5. The summed E-state index contributed by atoms with van der Waals surface area (Å²) in [6.07, 6.45) is -0.931. The maximum absolute atomic E-state index is 11.4. The van der Waals surface area contributed by atoms with Crippen LogP contribution in [0.15, 0.2) is 48.5 Å². The molecule has 0 heterocycles. The van der Waals surface area contributed by atoms with Crippen molar-refractivity contribution in [1.82, 2.24) is 0 Å². The molecule has 2 aromatic carbocycles. The van der Waals surface area contributed by atoms with Crippen molar-refractivity contribution < 1.29 is 19.0 Å². The maximum Gasteiger partial charge on any atom is 0.514 e. The lowest BCUT2D eigenvalue weighted by Gasteiger charge is -2.09. The summed E-state index contributed by atoms with van der Waals surface area (Å²) >= 11 is 5.83. The van der Waals surface area contributed by atoms with Crippen LogP contribution in [0, 0.1) is 0 Å². The average molecular weight is 321 g/mol. The highest BCUT2D eigenvalue weighted by atomic mass is 35.5. The summed E-state index contributed by atoms with van der Waals surface area (Å²) < 4.78 is 15.6. The first-order valence-corrected chi connectivity index (χ1v) is 7.26. The van der Waals surface area contributed by atoms with Gasteiger partial charge in [0, 0.05) is 5.02 Å². The van der Waals surface area contributed by atoms with Gasteiger partial charge >= 0.3 is 6.16 Å². The smallest absolute Gasteiger partial charge is 0.489 e. The summed E-state index contributed by atoms with van der Waals surface area (Å²) in [7, 11) is 0. The van der Waals surface area contributed by atoms with Gasteiger partial charge in [-0.25, -0.2) is 4.79 Å². The van der Waals surface area contributed by atoms with Crippen molar-refractivity contribution in [3.8, 4) is 11.5 Å². The van der Waals surface area contributed by atoms with Crippen LogP contribution in [0.5, 0.6) is 11.5 Å². The molecule has 2 rings (SSSR count). The Morgan fingerprint density at radius 2 is 1.59 bits per heavy atom. The Kier molecular flexibility index (Phi) is 5.67. The van der Waals surface area contributed by atoms with E-state index in [1.54, 1.807) is 38.1 Å². The molecule has 0 aliphatic carbocycles. The molecule has 0 saturated heterocycles. The molecule has 0 aliphatic rings. The van der Waals surface area contributed by atoms with Crippen molar-refractivity contribution in [3.63, 3.8) is 0 Å². The van der Waals surface area contributed by atoms with E-state index in [1.165, 1.54) is 0 Å². The highest BCUT2D eigenvalue weighted by molar-refractivity contribution is 6.30. The third-order valence-electron chi connectivity index (χ3n) is 2.68. The normalized spacial score (nSPS) is 10.4. The van der Waals surface area contributed by atoms with Crippen LogP contribution in [0.3, 0.4) is 0 Å². The van der Waals surface area contributed by atoms with Gasteiger partial charge in [0.05, 0.1) is 6.10 Å². The zero-order valence-electron chi connectivity index (χ0n) is 12.4. The molecule has 0 amide bonds. The van der Waals surface area contributed by atoms with Gasteiger partial charge in [-0.2, -0.15) is 0 Å². The maximum atomic E-state index is 11.4. The third kappa shape index (κ3) is 5.30. The fourth-order valence-electron chi connectivity index (χ4n) is 1.66. The lowest BCUT2D eigenvalue weighted by atomic mass is 10.2. The Labute approximate surface area is 134 Å². The molecule has 0 aromatic heterocycles. The van der Waals surface area contributed by atoms with Gasteiger partial charge in [0.2, 0.25) is 0 Å². The molecule has 0 saturated carbocycles. The second-order valence-electron chi connectivity index (χ2n) is 4.91. The van der Waals surface area contributed by atoms with Crippen LogP contribution < -0.4 is 9.47 Å². The Bertz CT molecular complexity index is 606. The second-order valence-corrected chi connectivity index (χ2v) is 5.34. The number of benzene rings is 2. The van der Waals surface area contributed by atoms with Crippen molar-refractivity contribution >= 4 is 17.8 Å². The molecule has 0 aliphatic heterocycles. The Hall–Kier alpha value is -2.20. The van der Waals surface area contributed by atoms with Crippen LogP contribution in [0.25, 0.3) is 0 Å². The molecule has 116 valence electrons. The van der Waals surface area contributed by atoms with E-state index in [1.807, 2.05) is 24.3 Å². The van der Waals surface area contributed by atoms with Gasteiger partial charge in [-0.3, -0.25) is 0 Å². The molecule has 22 heavy (non-hydrogen) atoms. The lowest BCUT2D eigenvalue weighted by Crippen LogP contribution is -2.15. The lowest BCUT2D eigenvalue weighted by molar-refractivity contribution is 0.0729. The minimum Gasteiger partial charge on any atom is -0.489 e. The Morgan fingerprint density at radius 1 is 1.00 bits per heavy atom. The van der Waals surface area contributed by atoms with Crippen LogP contribution in [0.4, 0.5) is 4.79 Å². The van der Waals surface area contributed by atoms with Gasteiger partial charge < -0.3 is 14.2 Å². The quantitative estimate of drug-likeness (QED) is 0.584. The average Bonchev–Trinajstić information content (AvgIpc) is 2.47. The molecular formula is C17H17ClO4. The van der Waals surface area contributed by atoms with Crippen LogP contribution in [-0.4, -0.2) is 12.3 Å². The molecule has 5 heteroatoms. The first-order valence-electron chi connectivity index (χ1n) is 6.88. The Morgan fingerprint density at radius 3 is 2.18 bits per heavy atom. The monoisotopic (exact) mass is 320 g/mol. The number of halogens is 1. The standard InChI is InChI=1S/C17H17ClO4/c1-12(2)21-17(19)22-16-9-7-15(8-10-16)20-11-13-3-5-14(18)6-4-13/h3-10,12H,11H2,1-2H3. The minimum absolute atomic E-state index is 0.213. The Balaban J connectivity index is 1.86. The number of hydrogen-bond acceptors (Lipinski definition) is 4. The van der Waals surface area contributed by atoms with Crippen molar-refractivity contribution in [1.29, 1.82) is 0 Å². The van der Waals surface area contributed by atoms with E-state index >= 15 is 0 Å². The number of carbonyl (C=O) groups is 1. The molecule has 0 radical (unpaired) electrons. The van der Waals surface area contributed by atoms with Gasteiger partial charge in [-0.05, 0) is 55.8 Å². The minimum atomic E-state index is -0.718. The molecule has 0 atom stereocenters. The number of carbonyl (C=O) groups excluding carboxylic acids is 1.